The molecule has 1 aromatic carbocycles. The van der Waals surface area contributed by atoms with Crippen molar-refractivity contribution in [2.45, 2.75) is 19.1 Å². The minimum absolute atomic E-state index is 0.0284. The lowest BCUT2D eigenvalue weighted by Gasteiger charge is -2.32. The van der Waals surface area contributed by atoms with E-state index in [2.05, 4.69) is 15.4 Å². The van der Waals surface area contributed by atoms with Gasteiger partial charge >= 0.3 is 6.18 Å². The van der Waals surface area contributed by atoms with Crippen LogP contribution in [0.5, 0.6) is 0 Å². The molecule has 0 fully saturated rings. The molecule has 0 radical (unpaired) electrons. The molecule has 0 aliphatic carbocycles. The monoisotopic (exact) mass is 433 g/mol. The predicted molar refractivity (Wildman–Crippen MR) is 102 cm³/mol. The third-order valence-corrected chi connectivity index (χ3v) is 4.85. The molecule has 1 N–H and O–H groups in total. The summed E-state index contributed by atoms with van der Waals surface area (Å²) in [6.07, 6.45) is -0.670. The van der Waals surface area contributed by atoms with E-state index in [9.17, 15) is 27.2 Å². The third-order valence-electron chi connectivity index (χ3n) is 4.85. The zero-order valence-electron chi connectivity index (χ0n) is 16.0. The van der Waals surface area contributed by atoms with Crippen molar-refractivity contribution in [3.05, 3.63) is 71.6 Å². The lowest BCUT2D eigenvalue weighted by molar-refractivity contribution is -0.139. The largest absolute Gasteiger partial charge is 0.419 e. The number of alkyl halides is 3. The van der Waals surface area contributed by atoms with Gasteiger partial charge in [0.15, 0.2) is 5.69 Å². The highest BCUT2D eigenvalue weighted by atomic mass is 19.4. The number of anilines is 2. The maximum Gasteiger partial charge on any atom is 0.419 e. The van der Waals surface area contributed by atoms with E-state index in [1.807, 2.05) is 0 Å². The predicted octanol–water partition coefficient (Wildman–Crippen LogP) is 3.91. The fourth-order valence-electron chi connectivity index (χ4n) is 3.37. The van der Waals surface area contributed by atoms with Crippen LogP contribution in [0, 0.1) is 5.82 Å². The molecule has 0 saturated heterocycles. The van der Waals surface area contributed by atoms with E-state index >= 15 is 0 Å². The molecule has 2 amide bonds. The molecular formula is C20H15F4N5O2. The summed E-state index contributed by atoms with van der Waals surface area (Å²) in [5.41, 5.74) is -1.01. The first kappa shape index (κ1) is 20.5. The molecule has 0 unspecified atom stereocenters. The van der Waals surface area contributed by atoms with Crippen LogP contribution >= 0.6 is 0 Å². The van der Waals surface area contributed by atoms with Gasteiger partial charge in [0.1, 0.15) is 5.82 Å². The summed E-state index contributed by atoms with van der Waals surface area (Å²) < 4.78 is 54.0. The van der Waals surface area contributed by atoms with Gasteiger partial charge in [-0.1, -0.05) is 0 Å². The molecule has 4 rings (SSSR count). The summed E-state index contributed by atoms with van der Waals surface area (Å²) in [5, 5.41) is 6.74. The molecule has 0 saturated carbocycles. The number of nitrogens with one attached hydrogen (secondary N) is 1. The van der Waals surface area contributed by atoms with Gasteiger partial charge in [-0.05, 0) is 37.3 Å². The number of fused-ring (bicyclic) bond motifs is 1. The second-order valence-electron chi connectivity index (χ2n) is 6.97. The number of nitrogens with zero attached hydrogens (tertiary/aromatic N) is 4. The first-order valence-electron chi connectivity index (χ1n) is 9.14. The smallest absolute Gasteiger partial charge is 0.319 e. The molecule has 11 heteroatoms. The Bertz CT molecular complexity index is 1160. The molecular weight excluding hydrogens is 418 g/mol. The van der Waals surface area contributed by atoms with E-state index in [1.54, 1.807) is 19.1 Å². The summed E-state index contributed by atoms with van der Waals surface area (Å²) in [4.78, 5) is 30.6. The Labute approximate surface area is 173 Å². The van der Waals surface area contributed by atoms with Crippen molar-refractivity contribution in [1.82, 2.24) is 14.8 Å². The number of hydrogen-bond acceptors (Lipinski definition) is 4. The van der Waals surface area contributed by atoms with Crippen LogP contribution in [0.4, 0.5) is 28.9 Å². The van der Waals surface area contributed by atoms with E-state index in [-0.39, 0.29) is 35.2 Å². The van der Waals surface area contributed by atoms with Crippen LogP contribution in [-0.4, -0.2) is 33.1 Å². The summed E-state index contributed by atoms with van der Waals surface area (Å²) in [6.45, 7) is 1.80. The van der Waals surface area contributed by atoms with Crippen LogP contribution < -0.4 is 10.2 Å². The summed E-state index contributed by atoms with van der Waals surface area (Å²) in [6, 6.07) is 5.06. The maximum atomic E-state index is 14.1. The van der Waals surface area contributed by atoms with E-state index in [0.717, 1.165) is 11.0 Å². The van der Waals surface area contributed by atoms with Crippen LogP contribution in [0.25, 0.3) is 0 Å². The van der Waals surface area contributed by atoms with Gasteiger partial charge in [-0.3, -0.25) is 19.3 Å². The Morgan fingerprint density at radius 3 is 2.65 bits per heavy atom. The fraction of sp³-hybridized carbons (Fsp3) is 0.200. The van der Waals surface area contributed by atoms with Crippen molar-refractivity contribution in [3.63, 3.8) is 0 Å². The average molecular weight is 433 g/mol. The van der Waals surface area contributed by atoms with Gasteiger partial charge < -0.3 is 10.2 Å². The Hall–Kier alpha value is -3.76. The van der Waals surface area contributed by atoms with Crippen molar-refractivity contribution in [1.29, 1.82) is 0 Å². The van der Waals surface area contributed by atoms with Gasteiger partial charge in [0.05, 0.1) is 29.1 Å². The van der Waals surface area contributed by atoms with E-state index < -0.39 is 29.4 Å². The minimum atomic E-state index is -4.84. The van der Waals surface area contributed by atoms with E-state index in [0.29, 0.717) is 12.1 Å². The summed E-state index contributed by atoms with van der Waals surface area (Å²) >= 11 is 0. The van der Waals surface area contributed by atoms with Crippen molar-refractivity contribution in [2.75, 3.05) is 16.8 Å². The molecule has 1 aliphatic heterocycles. The molecule has 2 aromatic heterocycles. The third kappa shape index (κ3) is 3.74. The number of amides is 2. The second-order valence-corrected chi connectivity index (χ2v) is 6.97. The minimum Gasteiger partial charge on any atom is -0.319 e. The number of pyridine rings is 1. The maximum absolute atomic E-state index is 14.1. The van der Waals surface area contributed by atoms with Crippen molar-refractivity contribution in [3.8, 4) is 0 Å². The first-order chi connectivity index (χ1) is 14.7. The SMILES string of the molecule is C[C@H]1CN(c2ccc(C(F)(F)F)c(F)c2)C(=O)c2c(NC(=O)c3cccnc3)cnn21. The number of benzene rings is 1. The normalized spacial score (nSPS) is 16.2. The molecule has 3 heterocycles. The van der Waals surface area contributed by atoms with Crippen LogP contribution in [0.1, 0.15) is 39.4 Å². The first-order valence-corrected chi connectivity index (χ1v) is 9.14. The zero-order valence-corrected chi connectivity index (χ0v) is 16.0. The Balaban J connectivity index is 1.66. The molecule has 160 valence electrons. The standard InChI is InChI=1S/C20H15F4N5O2/c1-11-10-28(13-4-5-14(15(21)7-13)20(22,23)24)19(31)17-16(9-26-29(11)17)27-18(30)12-3-2-6-25-8-12/h2-9,11H,10H2,1H3,(H,27,30)/t11-/m0/s1. The summed E-state index contributed by atoms with van der Waals surface area (Å²) in [5.74, 6) is -2.62. The zero-order chi connectivity index (χ0) is 22.3. The van der Waals surface area contributed by atoms with Gasteiger partial charge in [-0.2, -0.15) is 18.3 Å². The molecule has 3 aromatic rings. The molecule has 1 atom stereocenters. The van der Waals surface area contributed by atoms with E-state index in [4.69, 9.17) is 0 Å². The molecule has 0 spiro atoms. The topological polar surface area (TPSA) is 80.1 Å². The van der Waals surface area contributed by atoms with Gasteiger partial charge in [0.25, 0.3) is 11.8 Å². The van der Waals surface area contributed by atoms with E-state index in [1.165, 1.54) is 23.3 Å². The number of carbonyl (C=O) groups excluding carboxylic acids is 2. The number of hydrogen-bond donors (Lipinski definition) is 1. The van der Waals surface area contributed by atoms with Crippen molar-refractivity contribution < 1.29 is 27.2 Å². The summed E-state index contributed by atoms with van der Waals surface area (Å²) in [7, 11) is 0. The number of halogens is 4. The van der Waals surface area contributed by atoms with Gasteiger partial charge in [0.2, 0.25) is 0 Å². The van der Waals surface area contributed by atoms with Gasteiger partial charge in [-0.25, -0.2) is 4.39 Å². The number of carbonyl (C=O) groups is 2. The second kappa shape index (κ2) is 7.49. The number of rotatable bonds is 3. The highest BCUT2D eigenvalue weighted by molar-refractivity contribution is 6.13. The van der Waals surface area contributed by atoms with Gasteiger partial charge in [-0.15, -0.1) is 0 Å². The van der Waals surface area contributed by atoms with Crippen LogP contribution in [0.15, 0.2) is 48.9 Å². The number of aromatic nitrogens is 3. The van der Waals surface area contributed by atoms with Crippen LogP contribution in [-0.2, 0) is 6.18 Å². The van der Waals surface area contributed by atoms with Crippen LogP contribution in [0.2, 0.25) is 0 Å². The fourth-order valence-corrected chi connectivity index (χ4v) is 3.37. The molecule has 1 aliphatic rings. The van der Waals surface area contributed by atoms with Gasteiger partial charge in [0, 0.05) is 24.6 Å². The quantitative estimate of drug-likeness (QED) is 0.636. The highest BCUT2D eigenvalue weighted by Crippen LogP contribution is 2.35. The Morgan fingerprint density at radius 2 is 2.00 bits per heavy atom. The molecule has 0 bridgehead atoms. The van der Waals surface area contributed by atoms with Crippen molar-refractivity contribution >= 4 is 23.2 Å². The Morgan fingerprint density at radius 1 is 1.23 bits per heavy atom. The Kier molecular flexibility index (Phi) is 4.96. The lowest BCUT2D eigenvalue weighted by Crippen LogP contribution is -2.43. The lowest BCUT2D eigenvalue weighted by atomic mass is 10.1. The molecule has 7 nitrogen and oxygen atoms in total. The van der Waals surface area contributed by atoms with Crippen molar-refractivity contribution in [2.24, 2.45) is 0 Å². The highest BCUT2D eigenvalue weighted by Gasteiger charge is 2.37. The average Bonchev–Trinajstić information content (AvgIpc) is 3.15. The van der Waals surface area contributed by atoms with Crippen LogP contribution in [0.3, 0.4) is 0 Å². The molecule has 31 heavy (non-hydrogen) atoms.